The molecule has 26 heavy (non-hydrogen) atoms. The Morgan fingerprint density at radius 1 is 1.31 bits per heavy atom. The Labute approximate surface area is 152 Å². The predicted molar refractivity (Wildman–Crippen MR) is 97.0 cm³/mol. The lowest BCUT2D eigenvalue weighted by molar-refractivity contribution is 0.0254. The Balaban J connectivity index is 1.65. The normalized spacial score (nSPS) is 20.1. The smallest absolute Gasteiger partial charge is 0.254 e. The SMILES string of the molecule is Cc1cc(N2CCCC(O)(CNC(=O)c3cnc(C)nc3C)C2)ncn1. The van der Waals surface area contributed by atoms with Crippen molar-refractivity contribution in [3.05, 3.63) is 41.4 Å². The summed E-state index contributed by atoms with van der Waals surface area (Å²) in [5.74, 6) is 1.15. The molecule has 1 aliphatic heterocycles. The Morgan fingerprint density at radius 3 is 2.85 bits per heavy atom. The molecule has 0 bridgehead atoms. The van der Waals surface area contributed by atoms with Crippen LogP contribution in [0.25, 0.3) is 0 Å². The fourth-order valence-electron chi connectivity index (χ4n) is 3.21. The van der Waals surface area contributed by atoms with E-state index in [-0.39, 0.29) is 12.5 Å². The van der Waals surface area contributed by atoms with Gasteiger partial charge in [0.15, 0.2) is 0 Å². The number of β-amino-alcohol motifs (C(OH)–C–C–N with tert-alkyl or cyclic N) is 1. The minimum Gasteiger partial charge on any atom is -0.386 e. The van der Waals surface area contributed by atoms with Gasteiger partial charge in [-0.1, -0.05) is 0 Å². The van der Waals surface area contributed by atoms with Crippen molar-refractivity contribution in [2.45, 2.75) is 39.2 Å². The van der Waals surface area contributed by atoms with Crippen molar-refractivity contribution >= 4 is 11.7 Å². The Hall–Kier alpha value is -2.61. The van der Waals surface area contributed by atoms with Gasteiger partial charge in [0.05, 0.1) is 16.9 Å². The van der Waals surface area contributed by atoms with Gasteiger partial charge in [0, 0.05) is 37.6 Å². The summed E-state index contributed by atoms with van der Waals surface area (Å²) in [5, 5.41) is 13.8. The monoisotopic (exact) mass is 356 g/mol. The molecular weight excluding hydrogens is 332 g/mol. The average molecular weight is 356 g/mol. The van der Waals surface area contributed by atoms with Gasteiger partial charge in [-0.2, -0.15) is 0 Å². The van der Waals surface area contributed by atoms with Crippen LogP contribution in [0.3, 0.4) is 0 Å². The fourth-order valence-corrected chi connectivity index (χ4v) is 3.21. The number of carbonyl (C=O) groups is 1. The highest BCUT2D eigenvalue weighted by atomic mass is 16.3. The molecule has 1 fully saturated rings. The van der Waals surface area contributed by atoms with Crippen molar-refractivity contribution in [2.75, 3.05) is 24.5 Å². The molecule has 0 aromatic carbocycles. The van der Waals surface area contributed by atoms with E-state index in [0.717, 1.165) is 24.5 Å². The van der Waals surface area contributed by atoms with Crippen LogP contribution < -0.4 is 10.2 Å². The number of anilines is 1. The van der Waals surface area contributed by atoms with E-state index < -0.39 is 5.60 Å². The van der Waals surface area contributed by atoms with Gasteiger partial charge >= 0.3 is 0 Å². The quantitative estimate of drug-likeness (QED) is 0.840. The first kappa shape index (κ1) is 18.2. The third kappa shape index (κ3) is 4.13. The van der Waals surface area contributed by atoms with Crippen molar-refractivity contribution in [3.63, 3.8) is 0 Å². The zero-order valence-electron chi connectivity index (χ0n) is 15.4. The molecule has 8 nitrogen and oxygen atoms in total. The first-order valence-corrected chi connectivity index (χ1v) is 8.71. The van der Waals surface area contributed by atoms with Crippen molar-refractivity contribution in [3.8, 4) is 0 Å². The number of nitrogens with zero attached hydrogens (tertiary/aromatic N) is 5. The van der Waals surface area contributed by atoms with Crippen LogP contribution in [0.5, 0.6) is 0 Å². The first-order valence-electron chi connectivity index (χ1n) is 8.71. The number of rotatable bonds is 4. The van der Waals surface area contributed by atoms with Crippen LogP contribution in [0.4, 0.5) is 5.82 Å². The van der Waals surface area contributed by atoms with Crippen molar-refractivity contribution in [2.24, 2.45) is 0 Å². The number of carbonyl (C=O) groups excluding carboxylic acids is 1. The maximum atomic E-state index is 12.4. The molecule has 2 aromatic rings. The highest BCUT2D eigenvalue weighted by Crippen LogP contribution is 2.24. The maximum absolute atomic E-state index is 12.4. The molecule has 0 spiro atoms. The number of nitrogens with one attached hydrogen (secondary N) is 1. The van der Waals surface area contributed by atoms with Crippen LogP contribution in [-0.2, 0) is 0 Å². The summed E-state index contributed by atoms with van der Waals surface area (Å²) < 4.78 is 0. The van der Waals surface area contributed by atoms with E-state index >= 15 is 0 Å². The van der Waals surface area contributed by atoms with E-state index in [4.69, 9.17) is 0 Å². The van der Waals surface area contributed by atoms with Crippen LogP contribution >= 0.6 is 0 Å². The molecule has 1 aliphatic rings. The standard InChI is InChI=1S/C18H24N6O2/c1-12-7-16(22-11-21-12)24-6-4-5-18(26,10-24)9-20-17(25)15-8-19-14(3)23-13(15)2/h7-8,11,26H,4-6,9-10H2,1-3H3,(H,20,25). The largest absolute Gasteiger partial charge is 0.386 e. The van der Waals surface area contributed by atoms with E-state index in [2.05, 4.69) is 25.3 Å². The third-order valence-corrected chi connectivity index (χ3v) is 4.59. The summed E-state index contributed by atoms with van der Waals surface area (Å²) >= 11 is 0. The summed E-state index contributed by atoms with van der Waals surface area (Å²) in [5.41, 5.74) is 0.931. The number of hydrogen-bond donors (Lipinski definition) is 2. The Bertz CT molecular complexity index is 812. The molecule has 0 radical (unpaired) electrons. The zero-order valence-corrected chi connectivity index (χ0v) is 15.4. The molecule has 1 unspecified atom stereocenters. The number of piperidine rings is 1. The summed E-state index contributed by atoms with van der Waals surface area (Å²) in [6.45, 7) is 6.86. The van der Waals surface area contributed by atoms with Gasteiger partial charge in [0.1, 0.15) is 18.0 Å². The molecule has 8 heteroatoms. The Morgan fingerprint density at radius 2 is 2.12 bits per heavy atom. The van der Waals surface area contributed by atoms with E-state index in [9.17, 15) is 9.90 Å². The van der Waals surface area contributed by atoms with Crippen LogP contribution in [0, 0.1) is 20.8 Å². The second-order valence-corrected chi connectivity index (χ2v) is 6.87. The van der Waals surface area contributed by atoms with Gasteiger partial charge in [0.2, 0.25) is 0 Å². The molecule has 0 aliphatic carbocycles. The molecule has 2 N–H and O–H groups in total. The molecular formula is C18H24N6O2. The maximum Gasteiger partial charge on any atom is 0.254 e. The number of amides is 1. The van der Waals surface area contributed by atoms with E-state index in [1.165, 1.54) is 12.5 Å². The van der Waals surface area contributed by atoms with E-state index in [1.54, 1.807) is 13.8 Å². The van der Waals surface area contributed by atoms with Crippen LogP contribution in [0.2, 0.25) is 0 Å². The number of hydrogen-bond acceptors (Lipinski definition) is 7. The average Bonchev–Trinajstić information content (AvgIpc) is 2.60. The first-order chi connectivity index (χ1) is 12.4. The van der Waals surface area contributed by atoms with Gasteiger partial charge in [-0.25, -0.2) is 19.9 Å². The van der Waals surface area contributed by atoms with Crippen LogP contribution in [0.1, 0.15) is 40.4 Å². The summed E-state index contributed by atoms with van der Waals surface area (Å²) in [7, 11) is 0. The summed E-state index contributed by atoms with van der Waals surface area (Å²) in [6, 6.07) is 1.90. The number of aliphatic hydroxyl groups is 1. The van der Waals surface area contributed by atoms with Gasteiger partial charge in [-0.05, 0) is 33.6 Å². The van der Waals surface area contributed by atoms with Gasteiger partial charge in [-0.15, -0.1) is 0 Å². The summed E-state index contributed by atoms with van der Waals surface area (Å²) in [6.07, 6.45) is 4.49. The van der Waals surface area contributed by atoms with E-state index in [1.807, 2.05) is 17.9 Å². The lowest BCUT2D eigenvalue weighted by Gasteiger charge is -2.39. The highest BCUT2D eigenvalue weighted by Gasteiger charge is 2.34. The molecule has 3 heterocycles. The zero-order chi connectivity index (χ0) is 18.7. The molecule has 3 rings (SSSR count). The Kier molecular flexibility index (Phi) is 5.13. The molecule has 1 saturated heterocycles. The molecule has 0 saturated carbocycles. The topological polar surface area (TPSA) is 104 Å². The number of aryl methyl sites for hydroxylation is 3. The van der Waals surface area contributed by atoms with Crippen molar-refractivity contribution < 1.29 is 9.90 Å². The lowest BCUT2D eigenvalue weighted by atomic mass is 9.92. The van der Waals surface area contributed by atoms with Crippen molar-refractivity contribution in [1.29, 1.82) is 0 Å². The van der Waals surface area contributed by atoms with Crippen LogP contribution in [-0.4, -0.2) is 56.2 Å². The van der Waals surface area contributed by atoms with E-state index in [0.29, 0.717) is 30.0 Å². The highest BCUT2D eigenvalue weighted by molar-refractivity contribution is 5.94. The molecule has 138 valence electrons. The van der Waals surface area contributed by atoms with Gasteiger partial charge < -0.3 is 15.3 Å². The molecule has 1 atom stereocenters. The van der Waals surface area contributed by atoms with Gasteiger partial charge in [-0.3, -0.25) is 4.79 Å². The number of aromatic nitrogens is 4. The minimum absolute atomic E-state index is 0.166. The lowest BCUT2D eigenvalue weighted by Crippen LogP contribution is -2.54. The predicted octanol–water partition coefficient (Wildman–Crippen LogP) is 0.953. The minimum atomic E-state index is -1.01. The summed E-state index contributed by atoms with van der Waals surface area (Å²) in [4.78, 5) is 31.1. The second-order valence-electron chi connectivity index (χ2n) is 6.87. The molecule has 2 aromatic heterocycles. The second kappa shape index (κ2) is 7.33. The van der Waals surface area contributed by atoms with Crippen molar-refractivity contribution in [1.82, 2.24) is 25.3 Å². The molecule has 1 amide bonds. The van der Waals surface area contributed by atoms with Crippen LogP contribution in [0.15, 0.2) is 18.6 Å². The third-order valence-electron chi connectivity index (χ3n) is 4.59. The fraction of sp³-hybridized carbons (Fsp3) is 0.500. The van der Waals surface area contributed by atoms with Gasteiger partial charge in [0.25, 0.3) is 5.91 Å².